The van der Waals surface area contributed by atoms with Crippen LogP contribution < -0.4 is 9.62 Å². The Morgan fingerprint density at radius 2 is 1.37 bits per heavy atom. The van der Waals surface area contributed by atoms with Crippen molar-refractivity contribution in [1.82, 2.24) is 10.2 Å². The smallest absolute Gasteiger partial charge is 0.264 e. The van der Waals surface area contributed by atoms with E-state index in [4.69, 9.17) is 11.6 Å². The highest BCUT2D eigenvalue weighted by atomic mass is 35.5. The molecule has 0 saturated carbocycles. The van der Waals surface area contributed by atoms with Gasteiger partial charge in [0.15, 0.2) is 0 Å². The van der Waals surface area contributed by atoms with Crippen molar-refractivity contribution in [3.8, 4) is 0 Å². The van der Waals surface area contributed by atoms with Gasteiger partial charge in [0.1, 0.15) is 12.6 Å². The minimum atomic E-state index is -4.13. The number of benzene rings is 4. The van der Waals surface area contributed by atoms with Crippen molar-refractivity contribution in [3.63, 3.8) is 0 Å². The number of nitrogens with one attached hydrogen (secondary N) is 1. The summed E-state index contributed by atoms with van der Waals surface area (Å²) in [5.74, 6) is -0.844. The molecule has 0 fully saturated rings. The van der Waals surface area contributed by atoms with E-state index in [1.54, 1.807) is 66.7 Å². The van der Waals surface area contributed by atoms with Crippen LogP contribution in [0.2, 0.25) is 5.02 Å². The van der Waals surface area contributed by atoms with Gasteiger partial charge in [-0.15, -0.1) is 0 Å². The fourth-order valence-corrected chi connectivity index (χ4v) is 6.24. The number of halogens is 1. The average molecular weight is 618 g/mol. The molecule has 0 bridgehead atoms. The summed E-state index contributed by atoms with van der Waals surface area (Å²) in [5.41, 5.74) is 2.92. The Balaban J connectivity index is 1.79. The lowest BCUT2D eigenvalue weighted by atomic mass is 10.0. The van der Waals surface area contributed by atoms with E-state index in [0.717, 1.165) is 21.0 Å². The maximum atomic E-state index is 14.4. The van der Waals surface area contributed by atoms with Crippen molar-refractivity contribution in [1.29, 1.82) is 0 Å². The van der Waals surface area contributed by atoms with Crippen LogP contribution in [0.1, 0.15) is 30.5 Å². The summed E-state index contributed by atoms with van der Waals surface area (Å²) in [7, 11) is -4.13. The lowest BCUT2D eigenvalue weighted by Gasteiger charge is -2.34. The highest BCUT2D eigenvalue weighted by Gasteiger charge is 2.34. The quantitative estimate of drug-likeness (QED) is 0.211. The summed E-state index contributed by atoms with van der Waals surface area (Å²) >= 11 is 6.13. The Morgan fingerprint density at radius 1 is 0.791 bits per heavy atom. The number of amides is 2. The van der Waals surface area contributed by atoms with Gasteiger partial charge < -0.3 is 10.2 Å². The Morgan fingerprint density at radius 3 is 1.95 bits per heavy atom. The Hall–Kier alpha value is -4.14. The van der Waals surface area contributed by atoms with Gasteiger partial charge in [-0.25, -0.2) is 8.42 Å². The third-order valence-electron chi connectivity index (χ3n) is 6.90. The Kier molecular flexibility index (Phi) is 10.6. The van der Waals surface area contributed by atoms with Crippen molar-refractivity contribution < 1.29 is 18.0 Å². The highest BCUT2D eigenvalue weighted by Crippen LogP contribution is 2.25. The van der Waals surface area contributed by atoms with Crippen LogP contribution in [0.15, 0.2) is 114 Å². The van der Waals surface area contributed by atoms with Gasteiger partial charge in [-0.1, -0.05) is 90.0 Å². The fraction of sp³-hybridized carbons (Fsp3) is 0.235. The predicted molar refractivity (Wildman–Crippen MR) is 171 cm³/mol. The summed E-state index contributed by atoms with van der Waals surface area (Å²) in [6.45, 7) is 5.18. The van der Waals surface area contributed by atoms with Gasteiger partial charge in [-0.2, -0.15) is 0 Å². The first-order valence-corrected chi connectivity index (χ1v) is 15.9. The molecule has 0 saturated heterocycles. The van der Waals surface area contributed by atoms with E-state index in [2.05, 4.69) is 5.32 Å². The minimum Gasteiger partial charge on any atom is -0.352 e. The second-order valence-corrected chi connectivity index (χ2v) is 13.0. The number of hydrogen-bond donors (Lipinski definition) is 1. The Labute approximate surface area is 259 Å². The SMILES string of the molecule is Cc1ccc(N(CC(=O)N(Cc2ccc(Cl)cc2)C(Cc2ccccc2)C(=O)NC(C)C)S(=O)(=O)c2ccccc2)cc1. The van der Waals surface area contributed by atoms with Crippen molar-refractivity contribution in [2.24, 2.45) is 0 Å². The summed E-state index contributed by atoms with van der Waals surface area (Å²) in [5, 5.41) is 3.50. The molecule has 2 amide bonds. The number of carbonyl (C=O) groups excluding carboxylic acids is 2. The van der Waals surface area contributed by atoms with E-state index >= 15 is 0 Å². The molecule has 4 rings (SSSR count). The lowest BCUT2D eigenvalue weighted by Crippen LogP contribution is -2.54. The number of sulfonamides is 1. The fourth-order valence-electron chi connectivity index (χ4n) is 4.68. The first-order chi connectivity index (χ1) is 20.5. The number of aryl methyl sites for hydroxylation is 1. The van der Waals surface area contributed by atoms with Crippen LogP contribution in [-0.2, 0) is 32.6 Å². The molecule has 1 N–H and O–H groups in total. The molecule has 0 aliphatic carbocycles. The third-order valence-corrected chi connectivity index (χ3v) is 8.94. The molecule has 1 unspecified atom stereocenters. The van der Waals surface area contributed by atoms with Crippen LogP contribution in [0, 0.1) is 6.92 Å². The first-order valence-electron chi connectivity index (χ1n) is 14.1. The molecule has 0 radical (unpaired) electrons. The number of rotatable bonds is 12. The molecular formula is C34H36ClN3O4S. The Bertz CT molecular complexity index is 1610. The molecule has 0 heterocycles. The van der Waals surface area contributed by atoms with E-state index in [1.165, 1.54) is 17.0 Å². The number of nitrogens with zero attached hydrogens (tertiary/aromatic N) is 2. The van der Waals surface area contributed by atoms with E-state index in [-0.39, 0.29) is 29.8 Å². The minimum absolute atomic E-state index is 0.0611. The average Bonchev–Trinajstić information content (AvgIpc) is 2.99. The highest BCUT2D eigenvalue weighted by molar-refractivity contribution is 7.92. The topological polar surface area (TPSA) is 86.8 Å². The van der Waals surface area contributed by atoms with Crippen LogP contribution in [-0.4, -0.2) is 43.8 Å². The standard InChI is InChI=1S/C34H36ClN3O4S/c1-25(2)36-34(40)32(22-27-10-6-4-7-11-27)37(23-28-16-18-29(35)19-17-28)33(39)24-38(30-20-14-26(3)15-21-30)43(41,42)31-12-8-5-9-13-31/h4-21,25,32H,22-24H2,1-3H3,(H,36,40). The normalized spacial score (nSPS) is 12.0. The largest absolute Gasteiger partial charge is 0.352 e. The van der Waals surface area contributed by atoms with Gasteiger partial charge in [0.05, 0.1) is 10.6 Å². The molecule has 0 aromatic heterocycles. The summed E-state index contributed by atoms with van der Waals surface area (Å²) < 4.78 is 29.1. The van der Waals surface area contributed by atoms with Crippen molar-refractivity contribution >= 4 is 39.1 Å². The molecule has 7 nitrogen and oxygen atoms in total. The van der Waals surface area contributed by atoms with Crippen molar-refractivity contribution in [2.45, 2.75) is 50.7 Å². The van der Waals surface area contributed by atoms with Crippen molar-refractivity contribution in [3.05, 3.63) is 131 Å². The first kappa shape index (κ1) is 31.8. The van der Waals surface area contributed by atoms with Crippen LogP contribution in [0.3, 0.4) is 0 Å². The molecular weight excluding hydrogens is 582 g/mol. The van der Waals surface area contributed by atoms with Crippen LogP contribution in [0.4, 0.5) is 5.69 Å². The van der Waals surface area contributed by atoms with Gasteiger partial charge >= 0.3 is 0 Å². The molecule has 0 spiro atoms. The molecule has 0 aliphatic rings. The molecule has 4 aromatic carbocycles. The van der Waals surface area contributed by atoms with E-state index in [0.29, 0.717) is 10.7 Å². The summed E-state index contributed by atoms with van der Waals surface area (Å²) in [6.07, 6.45) is 0.245. The number of carbonyl (C=O) groups is 2. The molecule has 4 aromatic rings. The molecule has 0 aliphatic heterocycles. The monoisotopic (exact) mass is 617 g/mol. The third kappa shape index (κ3) is 8.46. The molecule has 43 heavy (non-hydrogen) atoms. The number of anilines is 1. The summed E-state index contributed by atoms with van der Waals surface area (Å²) in [6, 6.07) is 30.4. The van der Waals surface area contributed by atoms with Gasteiger partial charge in [-0.3, -0.25) is 13.9 Å². The zero-order valence-corrected chi connectivity index (χ0v) is 26.1. The molecule has 1 atom stereocenters. The summed E-state index contributed by atoms with van der Waals surface area (Å²) in [4.78, 5) is 29.6. The van der Waals surface area contributed by atoms with Crippen LogP contribution >= 0.6 is 11.6 Å². The zero-order valence-electron chi connectivity index (χ0n) is 24.5. The van der Waals surface area contributed by atoms with Crippen molar-refractivity contribution in [2.75, 3.05) is 10.8 Å². The zero-order chi connectivity index (χ0) is 31.0. The van der Waals surface area contributed by atoms with Crippen LogP contribution in [0.5, 0.6) is 0 Å². The van der Waals surface area contributed by atoms with Crippen LogP contribution in [0.25, 0.3) is 0 Å². The molecule has 224 valence electrons. The van der Waals surface area contributed by atoms with Gasteiger partial charge in [0.2, 0.25) is 11.8 Å². The predicted octanol–water partition coefficient (Wildman–Crippen LogP) is 6.01. The van der Waals surface area contributed by atoms with Gasteiger partial charge in [0.25, 0.3) is 10.0 Å². The maximum absolute atomic E-state index is 14.4. The second kappa shape index (κ2) is 14.4. The second-order valence-electron chi connectivity index (χ2n) is 10.7. The van der Waals surface area contributed by atoms with E-state index in [1.807, 2.05) is 51.1 Å². The van der Waals surface area contributed by atoms with Gasteiger partial charge in [0, 0.05) is 24.0 Å². The van der Waals surface area contributed by atoms with Gasteiger partial charge in [-0.05, 0) is 68.3 Å². The number of hydrogen-bond acceptors (Lipinski definition) is 4. The van der Waals surface area contributed by atoms with E-state index in [9.17, 15) is 18.0 Å². The maximum Gasteiger partial charge on any atom is 0.264 e. The van der Waals surface area contributed by atoms with E-state index < -0.39 is 28.5 Å². The lowest BCUT2D eigenvalue weighted by molar-refractivity contribution is -0.140. The molecule has 9 heteroatoms.